The molecule has 0 aromatic heterocycles. The van der Waals surface area contributed by atoms with E-state index in [0.29, 0.717) is 19.8 Å². The predicted molar refractivity (Wildman–Crippen MR) is 67.6 cm³/mol. The molecule has 0 radical (unpaired) electrons. The van der Waals surface area contributed by atoms with Crippen LogP contribution in [0.4, 0.5) is 0 Å². The summed E-state index contributed by atoms with van der Waals surface area (Å²) in [4.78, 5) is 0. The van der Waals surface area contributed by atoms with Crippen molar-refractivity contribution in [3.8, 4) is 6.07 Å². The molecule has 1 aliphatic carbocycles. The zero-order chi connectivity index (χ0) is 12.6. The summed E-state index contributed by atoms with van der Waals surface area (Å²) in [6.45, 7) is 4.21. The molecule has 1 saturated carbocycles. The quantitative estimate of drug-likeness (QED) is 0.641. The van der Waals surface area contributed by atoms with Crippen LogP contribution in [0, 0.1) is 22.7 Å². The van der Waals surface area contributed by atoms with Gasteiger partial charge in [-0.1, -0.05) is 13.3 Å². The van der Waals surface area contributed by atoms with Crippen LogP contribution in [-0.4, -0.2) is 26.9 Å². The Labute approximate surface area is 105 Å². The van der Waals surface area contributed by atoms with Crippen LogP contribution in [0.1, 0.15) is 45.4 Å². The van der Waals surface area contributed by atoms with Crippen LogP contribution in [0.3, 0.4) is 0 Å². The Hall–Kier alpha value is -0.590. The van der Waals surface area contributed by atoms with E-state index in [1.54, 1.807) is 7.11 Å². The van der Waals surface area contributed by atoms with Crippen molar-refractivity contribution >= 4 is 0 Å². The molecule has 0 aliphatic heterocycles. The summed E-state index contributed by atoms with van der Waals surface area (Å²) in [5.41, 5.74) is -0.112. The molecule has 1 fully saturated rings. The molecule has 3 heteroatoms. The third-order valence-corrected chi connectivity index (χ3v) is 4.03. The first kappa shape index (κ1) is 14.5. The maximum atomic E-state index is 9.37. The molecule has 17 heavy (non-hydrogen) atoms. The maximum absolute atomic E-state index is 9.37. The Morgan fingerprint density at radius 3 is 2.47 bits per heavy atom. The van der Waals surface area contributed by atoms with Gasteiger partial charge >= 0.3 is 0 Å². The third kappa shape index (κ3) is 4.65. The highest BCUT2D eigenvalue weighted by Crippen LogP contribution is 2.41. The van der Waals surface area contributed by atoms with Crippen molar-refractivity contribution < 1.29 is 9.47 Å². The van der Waals surface area contributed by atoms with E-state index in [9.17, 15) is 5.26 Å². The van der Waals surface area contributed by atoms with E-state index in [1.165, 1.54) is 19.3 Å². The lowest BCUT2D eigenvalue weighted by Crippen LogP contribution is -2.27. The minimum atomic E-state index is -0.112. The second kappa shape index (κ2) is 7.68. The lowest BCUT2D eigenvalue weighted by molar-refractivity contribution is 0.0501. The Balaban J connectivity index is 2.26. The zero-order valence-corrected chi connectivity index (χ0v) is 11.2. The predicted octanol–water partition coefficient (Wildman–Crippen LogP) is 3.15. The number of hydrogen-bond donors (Lipinski definition) is 0. The maximum Gasteiger partial charge on any atom is 0.0700 e. The van der Waals surface area contributed by atoms with Crippen LogP contribution in [0.15, 0.2) is 0 Å². The minimum Gasteiger partial charge on any atom is -0.382 e. The van der Waals surface area contributed by atoms with Crippen LogP contribution in [0.25, 0.3) is 0 Å². The number of nitriles is 1. The minimum absolute atomic E-state index is 0.112. The van der Waals surface area contributed by atoms with Crippen molar-refractivity contribution in [1.82, 2.24) is 0 Å². The molecule has 0 bridgehead atoms. The standard InChI is InChI=1S/C14H25NO2/c1-3-13-4-6-14(12-15,7-5-13)8-9-17-11-10-16-2/h13H,3-11H2,1-2H3. The molecule has 3 nitrogen and oxygen atoms in total. The van der Waals surface area contributed by atoms with Gasteiger partial charge in [-0.15, -0.1) is 0 Å². The highest BCUT2D eigenvalue weighted by Gasteiger charge is 2.34. The lowest BCUT2D eigenvalue weighted by Gasteiger charge is -2.34. The highest BCUT2D eigenvalue weighted by atomic mass is 16.5. The van der Waals surface area contributed by atoms with Gasteiger partial charge in [0.25, 0.3) is 0 Å². The largest absolute Gasteiger partial charge is 0.382 e. The molecule has 0 amide bonds. The van der Waals surface area contributed by atoms with Crippen molar-refractivity contribution in [3.05, 3.63) is 0 Å². The molecule has 0 unspecified atom stereocenters. The Morgan fingerprint density at radius 1 is 1.24 bits per heavy atom. The molecule has 1 rings (SSSR count). The summed E-state index contributed by atoms with van der Waals surface area (Å²) < 4.78 is 10.4. The van der Waals surface area contributed by atoms with E-state index in [4.69, 9.17) is 9.47 Å². The highest BCUT2D eigenvalue weighted by molar-refractivity contribution is 5.01. The van der Waals surface area contributed by atoms with Gasteiger partial charge in [-0.25, -0.2) is 0 Å². The first-order chi connectivity index (χ1) is 8.26. The van der Waals surface area contributed by atoms with Crippen LogP contribution in [0.2, 0.25) is 0 Å². The number of hydrogen-bond acceptors (Lipinski definition) is 3. The molecular weight excluding hydrogens is 214 g/mol. The molecule has 0 saturated heterocycles. The fraction of sp³-hybridized carbons (Fsp3) is 0.929. The zero-order valence-electron chi connectivity index (χ0n) is 11.2. The smallest absolute Gasteiger partial charge is 0.0700 e. The summed E-state index contributed by atoms with van der Waals surface area (Å²) in [6.07, 6.45) is 6.66. The summed E-state index contributed by atoms with van der Waals surface area (Å²) in [5.74, 6) is 0.839. The van der Waals surface area contributed by atoms with Crippen molar-refractivity contribution in [2.75, 3.05) is 26.9 Å². The summed E-state index contributed by atoms with van der Waals surface area (Å²) in [6, 6.07) is 2.54. The first-order valence-electron chi connectivity index (χ1n) is 6.74. The van der Waals surface area contributed by atoms with Crippen LogP contribution in [0.5, 0.6) is 0 Å². The van der Waals surface area contributed by atoms with Crippen molar-refractivity contribution in [3.63, 3.8) is 0 Å². The van der Waals surface area contributed by atoms with E-state index >= 15 is 0 Å². The Kier molecular flexibility index (Phi) is 6.54. The van der Waals surface area contributed by atoms with Crippen molar-refractivity contribution in [1.29, 1.82) is 5.26 Å². The monoisotopic (exact) mass is 239 g/mol. The fourth-order valence-corrected chi connectivity index (χ4v) is 2.57. The topological polar surface area (TPSA) is 42.2 Å². The SMILES string of the molecule is CCC1CCC(C#N)(CCOCCOC)CC1. The summed E-state index contributed by atoms with van der Waals surface area (Å²) in [7, 11) is 1.67. The van der Waals surface area contributed by atoms with E-state index in [0.717, 1.165) is 25.2 Å². The van der Waals surface area contributed by atoms with Gasteiger partial charge in [0.15, 0.2) is 0 Å². The average molecular weight is 239 g/mol. The van der Waals surface area contributed by atoms with E-state index in [-0.39, 0.29) is 5.41 Å². The third-order valence-electron chi connectivity index (χ3n) is 4.03. The lowest BCUT2D eigenvalue weighted by atomic mass is 9.69. The van der Waals surface area contributed by atoms with Crippen molar-refractivity contribution in [2.24, 2.45) is 11.3 Å². The van der Waals surface area contributed by atoms with Crippen LogP contribution in [-0.2, 0) is 9.47 Å². The number of nitrogens with zero attached hydrogens (tertiary/aromatic N) is 1. The van der Waals surface area contributed by atoms with Gasteiger partial charge in [-0.3, -0.25) is 0 Å². The second-order valence-electron chi connectivity index (χ2n) is 5.10. The van der Waals surface area contributed by atoms with Gasteiger partial charge in [-0.2, -0.15) is 5.26 Å². The molecule has 1 aliphatic rings. The van der Waals surface area contributed by atoms with Gasteiger partial charge in [0.05, 0.1) is 24.7 Å². The fourth-order valence-electron chi connectivity index (χ4n) is 2.57. The van der Waals surface area contributed by atoms with Crippen LogP contribution < -0.4 is 0 Å². The molecule has 0 aromatic carbocycles. The van der Waals surface area contributed by atoms with Gasteiger partial charge in [-0.05, 0) is 38.0 Å². The van der Waals surface area contributed by atoms with Gasteiger partial charge in [0, 0.05) is 13.7 Å². The average Bonchev–Trinajstić information content (AvgIpc) is 2.39. The van der Waals surface area contributed by atoms with E-state index < -0.39 is 0 Å². The summed E-state index contributed by atoms with van der Waals surface area (Å²) >= 11 is 0. The Bertz CT molecular complexity index is 239. The number of methoxy groups -OCH3 is 1. The van der Waals surface area contributed by atoms with Crippen molar-refractivity contribution in [2.45, 2.75) is 45.4 Å². The molecule has 0 N–H and O–H groups in total. The molecule has 0 spiro atoms. The van der Waals surface area contributed by atoms with Gasteiger partial charge < -0.3 is 9.47 Å². The van der Waals surface area contributed by atoms with E-state index in [2.05, 4.69) is 13.0 Å². The molecule has 0 heterocycles. The number of ether oxygens (including phenoxy) is 2. The second-order valence-corrected chi connectivity index (χ2v) is 5.10. The van der Waals surface area contributed by atoms with Crippen LogP contribution >= 0.6 is 0 Å². The first-order valence-corrected chi connectivity index (χ1v) is 6.74. The van der Waals surface area contributed by atoms with Gasteiger partial charge in [0.1, 0.15) is 0 Å². The Morgan fingerprint density at radius 2 is 1.94 bits per heavy atom. The normalized spacial score (nSPS) is 28.9. The molecule has 0 atom stereocenters. The summed E-state index contributed by atoms with van der Waals surface area (Å²) in [5, 5.41) is 9.37. The number of rotatable bonds is 7. The van der Waals surface area contributed by atoms with E-state index in [1.807, 2.05) is 0 Å². The molecule has 0 aromatic rings. The molecule has 98 valence electrons. The van der Waals surface area contributed by atoms with Gasteiger partial charge in [0.2, 0.25) is 0 Å². The molecular formula is C14H25NO2.